The average molecular weight is 297 g/mol. The van der Waals surface area contributed by atoms with Gasteiger partial charge in [-0.1, -0.05) is 37.3 Å². The summed E-state index contributed by atoms with van der Waals surface area (Å²) < 4.78 is 5.73. The van der Waals surface area contributed by atoms with E-state index in [4.69, 9.17) is 15.7 Å². The molecule has 6 heteroatoms. The van der Waals surface area contributed by atoms with Crippen molar-refractivity contribution in [2.24, 2.45) is 16.3 Å². The maximum absolute atomic E-state index is 12.5. The van der Waals surface area contributed by atoms with Gasteiger partial charge in [-0.25, -0.2) is 0 Å². The molecule has 1 amide bonds. The van der Waals surface area contributed by atoms with Gasteiger partial charge in [-0.2, -0.15) is 0 Å². The summed E-state index contributed by atoms with van der Waals surface area (Å²) in [6.45, 7) is 1.01. The van der Waals surface area contributed by atoms with Crippen LogP contribution in [0.3, 0.4) is 0 Å². The van der Waals surface area contributed by atoms with E-state index < -0.39 is 5.41 Å². The Bertz CT molecular complexity index is 372. The van der Waals surface area contributed by atoms with Crippen molar-refractivity contribution in [3.63, 3.8) is 0 Å². The van der Waals surface area contributed by atoms with Crippen molar-refractivity contribution in [1.82, 2.24) is 5.32 Å². The van der Waals surface area contributed by atoms with E-state index in [0.29, 0.717) is 32.1 Å². The number of oxime groups is 1. The summed E-state index contributed by atoms with van der Waals surface area (Å²) in [7, 11) is 0. The molecular formula is C15H27N3O3. The van der Waals surface area contributed by atoms with E-state index in [1.807, 2.05) is 0 Å². The highest BCUT2D eigenvalue weighted by Crippen LogP contribution is 2.36. The van der Waals surface area contributed by atoms with Crippen LogP contribution in [0.5, 0.6) is 0 Å². The van der Waals surface area contributed by atoms with Crippen LogP contribution in [-0.2, 0) is 9.53 Å². The third kappa shape index (κ3) is 3.87. The van der Waals surface area contributed by atoms with E-state index in [9.17, 15) is 4.79 Å². The number of amidine groups is 1. The second-order valence-electron chi connectivity index (χ2n) is 6.16. The summed E-state index contributed by atoms with van der Waals surface area (Å²) in [5, 5.41) is 15.0. The van der Waals surface area contributed by atoms with Gasteiger partial charge in [0.2, 0.25) is 5.91 Å². The average Bonchev–Trinajstić information content (AvgIpc) is 3.04. The standard InChI is InChI=1S/C15H27N3O3/c16-13(18-20)15(8-4-1-5-9-15)14(19)17-10-11-21-12-6-2-3-7-12/h12,20H,1-11H2,(H2,16,18)(H,17,19). The van der Waals surface area contributed by atoms with E-state index >= 15 is 0 Å². The Morgan fingerprint density at radius 1 is 1.24 bits per heavy atom. The molecule has 0 aromatic rings. The number of carbonyl (C=O) groups excluding carboxylic acids is 1. The molecule has 2 rings (SSSR count). The highest BCUT2D eigenvalue weighted by atomic mass is 16.5. The van der Waals surface area contributed by atoms with Crippen molar-refractivity contribution >= 4 is 11.7 Å². The van der Waals surface area contributed by atoms with Gasteiger partial charge in [-0.15, -0.1) is 0 Å². The highest BCUT2D eigenvalue weighted by Gasteiger charge is 2.43. The molecular weight excluding hydrogens is 270 g/mol. The van der Waals surface area contributed by atoms with Gasteiger partial charge < -0.3 is 21.0 Å². The van der Waals surface area contributed by atoms with E-state index in [0.717, 1.165) is 32.1 Å². The fraction of sp³-hybridized carbons (Fsp3) is 0.867. The van der Waals surface area contributed by atoms with Crippen LogP contribution >= 0.6 is 0 Å². The third-order valence-corrected chi connectivity index (χ3v) is 4.78. The van der Waals surface area contributed by atoms with E-state index in [1.165, 1.54) is 12.8 Å². The van der Waals surface area contributed by atoms with Crippen molar-refractivity contribution < 1.29 is 14.7 Å². The summed E-state index contributed by atoms with van der Waals surface area (Å²) in [4.78, 5) is 12.5. The first-order valence-electron chi connectivity index (χ1n) is 8.07. The zero-order valence-corrected chi connectivity index (χ0v) is 12.6. The lowest BCUT2D eigenvalue weighted by molar-refractivity contribution is -0.129. The van der Waals surface area contributed by atoms with Crippen molar-refractivity contribution in [3.8, 4) is 0 Å². The summed E-state index contributed by atoms with van der Waals surface area (Å²) in [6.07, 6.45) is 9.35. The number of nitrogens with zero attached hydrogens (tertiary/aromatic N) is 1. The van der Waals surface area contributed by atoms with Crippen LogP contribution in [0.4, 0.5) is 0 Å². The molecule has 0 saturated heterocycles. The minimum atomic E-state index is -0.833. The molecule has 0 bridgehead atoms. The minimum Gasteiger partial charge on any atom is -0.409 e. The van der Waals surface area contributed by atoms with Crippen molar-refractivity contribution in [3.05, 3.63) is 0 Å². The summed E-state index contributed by atoms with van der Waals surface area (Å²) in [6, 6.07) is 0. The molecule has 0 heterocycles. The fourth-order valence-corrected chi connectivity index (χ4v) is 3.46. The maximum Gasteiger partial charge on any atom is 0.234 e. The smallest absolute Gasteiger partial charge is 0.234 e. The first-order chi connectivity index (χ1) is 10.2. The van der Waals surface area contributed by atoms with Crippen molar-refractivity contribution in [2.75, 3.05) is 13.2 Å². The zero-order valence-electron chi connectivity index (χ0n) is 12.6. The van der Waals surface area contributed by atoms with Crippen LogP contribution in [0, 0.1) is 5.41 Å². The Balaban J connectivity index is 1.81. The molecule has 0 unspecified atom stereocenters. The van der Waals surface area contributed by atoms with Gasteiger partial charge in [-0.05, 0) is 25.7 Å². The number of nitrogens with two attached hydrogens (primary N) is 1. The molecule has 21 heavy (non-hydrogen) atoms. The topological polar surface area (TPSA) is 96.9 Å². The van der Waals surface area contributed by atoms with Crippen LogP contribution in [0.15, 0.2) is 5.16 Å². The van der Waals surface area contributed by atoms with Gasteiger partial charge in [-0.3, -0.25) is 4.79 Å². The van der Waals surface area contributed by atoms with Gasteiger partial charge in [0.25, 0.3) is 0 Å². The molecule has 0 atom stereocenters. The summed E-state index contributed by atoms with van der Waals surface area (Å²) in [5.74, 6) is -0.0936. The molecule has 2 aliphatic rings. The molecule has 0 aromatic carbocycles. The first-order valence-corrected chi connectivity index (χ1v) is 8.07. The maximum atomic E-state index is 12.5. The Morgan fingerprint density at radius 2 is 1.90 bits per heavy atom. The van der Waals surface area contributed by atoms with Crippen LogP contribution in [0.25, 0.3) is 0 Å². The second kappa shape index (κ2) is 7.64. The van der Waals surface area contributed by atoms with Crippen molar-refractivity contribution in [2.45, 2.75) is 63.9 Å². The van der Waals surface area contributed by atoms with Crippen molar-refractivity contribution in [1.29, 1.82) is 0 Å². The number of hydrogen-bond donors (Lipinski definition) is 3. The lowest BCUT2D eigenvalue weighted by Crippen LogP contribution is -2.51. The van der Waals surface area contributed by atoms with Gasteiger partial charge in [0, 0.05) is 6.54 Å². The number of hydrogen-bond acceptors (Lipinski definition) is 4. The molecule has 2 fully saturated rings. The monoisotopic (exact) mass is 297 g/mol. The van der Waals surface area contributed by atoms with Gasteiger partial charge >= 0.3 is 0 Å². The highest BCUT2D eigenvalue weighted by molar-refractivity contribution is 6.06. The molecule has 4 N–H and O–H groups in total. The zero-order chi connectivity index (χ0) is 15.1. The molecule has 120 valence electrons. The van der Waals surface area contributed by atoms with Gasteiger partial charge in [0.05, 0.1) is 12.7 Å². The third-order valence-electron chi connectivity index (χ3n) is 4.78. The normalized spacial score (nSPS) is 23.1. The van der Waals surface area contributed by atoms with Gasteiger partial charge in [0.15, 0.2) is 5.84 Å². The van der Waals surface area contributed by atoms with Crippen LogP contribution in [0.2, 0.25) is 0 Å². The Kier molecular flexibility index (Phi) is 5.85. The molecule has 0 aliphatic heterocycles. The SMILES string of the molecule is NC(=NO)C1(C(=O)NCCOC2CCCC2)CCCCC1. The summed E-state index contributed by atoms with van der Waals surface area (Å²) in [5.41, 5.74) is 4.96. The molecule has 2 saturated carbocycles. The van der Waals surface area contributed by atoms with E-state index in [2.05, 4.69) is 10.5 Å². The van der Waals surface area contributed by atoms with Crippen LogP contribution in [-0.4, -0.2) is 36.2 Å². The van der Waals surface area contributed by atoms with E-state index in [1.54, 1.807) is 0 Å². The number of rotatable bonds is 6. The molecule has 0 aromatic heterocycles. The minimum absolute atomic E-state index is 0.0383. The van der Waals surface area contributed by atoms with Crippen LogP contribution in [0.1, 0.15) is 57.8 Å². The Labute approximate surface area is 126 Å². The second-order valence-corrected chi connectivity index (χ2v) is 6.16. The first kappa shape index (κ1) is 16.1. The number of carbonyl (C=O) groups is 1. The number of amides is 1. The van der Waals surface area contributed by atoms with E-state index in [-0.39, 0.29) is 11.7 Å². The number of nitrogens with one attached hydrogen (secondary N) is 1. The Morgan fingerprint density at radius 3 is 2.52 bits per heavy atom. The van der Waals surface area contributed by atoms with Gasteiger partial charge in [0.1, 0.15) is 5.41 Å². The molecule has 0 spiro atoms. The Hall–Kier alpha value is -1.30. The summed E-state index contributed by atoms with van der Waals surface area (Å²) >= 11 is 0. The number of ether oxygens (including phenoxy) is 1. The lowest BCUT2D eigenvalue weighted by atomic mass is 9.72. The largest absolute Gasteiger partial charge is 0.409 e. The van der Waals surface area contributed by atoms with Crippen LogP contribution < -0.4 is 11.1 Å². The predicted molar refractivity (Wildman–Crippen MR) is 80.1 cm³/mol. The molecule has 0 radical (unpaired) electrons. The molecule has 2 aliphatic carbocycles. The quantitative estimate of drug-likeness (QED) is 0.229. The predicted octanol–water partition coefficient (Wildman–Crippen LogP) is 1.76. The molecule has 6 nitrogen and oxygen atoms in total. The fourth-order valence-electron chi connectivity index (χ4n) is 3.46. The lowest BCUT2D eigenvalue weighted by Gasteiger charge is -2.34.